The number of rotatable bonds is 7. The van der Waals surface area contributed by atoms with Gasteiger partial charge in [0.15, 0.2) is 0 Å². The second-order valence-electron chi connectivity index (χ2n) is 9.55. The van der Waals surface area contributed by atoms with Gasteiger partial charge in [-0.3, -0.25) is 19.3 Å². The van der Waals surface area contributed by atoms with Crippen LogP contribution in [-0.2, 0) is 24.4 Å². The van der Waals surface area contributed by atoms with Crippen LogP contribution in [-0.4, -0.2) is 84.1 Å². The Bertz CT molecular complexity index is 1380. The minimum Gasteiger partial charge on any atom is -0.394 e. The van der Waals surface area contributed by atoms with Crippen molar-refractivity contribution in [2.24, 2.45) is 16.9 Å². The number of hydrogen-bond donors (Lipinski definition) is 4. The number of nitrogens with zero attached hydrogens (tertiary/aromatic N) is 3. The number of piperazine rings is 1. The second-order valence-corrected chi connectivity index (χ2v) is 11.4. The predicted octanol–water partition coefficient (Wildman–Crippen LogP) is -0.911. The van der Waals surface area contributed by atoms with Crippen LogP contribution in [0.15, 0.2) is 52.5 Å². The Morgan fingerprint density at radius 2 is 2.00 bits per heavy atom. The molecule has 196 valence electrons. The van der Waals surface area contributed by atoms with Gasteiger partial charge in [0.25, 0.3) is 15.9 Å². The third-order valence-corrected chi connectivity index (χ3v) is 9.24. The van der Waals surface area contributed by atoms with Gasteiger partial charge in [0.2, 0.25) is 11.8 Å². The quantitative estimate of drug-likeness (QED) is 0.203. The minimum atomic E-state index is -4.56. The normalized spacial score (nSPS) is 29.7. The molecule has 5 rings (SSSR count). The van der Waals surface area contributed by atoms with Gasteiger partial charge < -0.3 is 21.6 Å². The molecule has 3 heterocycles. The van der Waals surface area contributed by atoms with E-state index in [1.165, 1.54) is 18.3 Å². The monoisotopic (exact) mass is 528 g/mol. The Morgan fingerprint density at radius 1 is 1.24 bits per heavy atom. The smallest absolute Gasteiger partial charge is 0.267 e. The zero-order valence-electron chi connectivity index (χ0n) is 19.9. The number of piperidine rings is 2. The fourth-order valence-corrected chi connectivity index (χ4v) is 7.16. The maximum Gasteiger partial charge on any atom is 0.267 e. The van der Waals surface area contributed by atoms with E-state index in [0.29, 0.717) is 9.69 Å². The molecule has 0 aliphatic carbocycles. The van der Waals surface area contributed by atoms with Gasteiger partial charge in [-0.2, -0.15) is 5.10 Å². The summed E-state index contributed by atoms with van der Waals surface area (Å²) in [5.74, 6) is 2.99. The van der Waals surface area contributed by atoms with Crippen molar-refractivity contribution in [2.45, 2.75) is 41.9 Å². The molecule has 3 aliphatic rings. The molecule has 37 heavy (non-hydrogen) atoms. The minimum absolute atomic E-state index is 0.0792. The molecule has 2 aromatic carbocycles. The van der Waals surface area contributed by atoms with Crippen LogP contribution in [0.25, 0.3) is 10.8 Å². The molecule has 2 aromatic rings. The molecule has 2 bridgehead atoms. The van der Waals surface area contributed by atoms with Gasteiger partial charge in [0.1, 0.15) is 17.7 Å². The Morgan fingerprint density at radius 3 is 2.65 bits per heavy atom. The van der Waals surface area contributed by atoms with Crippen molar-refractivity contribution in [2.75, 3.05) is 19.7 Å². The number of carbonyl (C=O) groups is 3. The van der Waals surface area contributed by atoms with E-state index in [-0.39, 0.29) is 10.8 Å². The SMILES string of the molecule is NN=CC1(NC(=O)C[C@H]2C(=O)N[C@@H](CO)C(=O)N2S(=O)(=O)c2ccc3ccccc3c2)C2CCC[N@@]1C2. The van der Waals surface area contributed by atoms with Crippen molar-refractivity contribution in [1.29, 1.82) is 0 Å². The number of nitrogens with one attached hydrogen (secondary N) is 2. The van der Waals surface area contributed by atoms with Crippen molar-refractivity contribution in [3.8, 4) is 0 Å². The topological polar surface area (TPSA) is 174 Å². The van der Waals surface area contributed by atoms with Crippen molar-refractivity contribution >= 4 is 44.7 Å². The molecule has 0 saturated carbocycles. The highest BCUT2D eigenvalue weighted by atomic mass is 32.2. The Labute approximate surface area is 213 Å². The molecule has 3 saturated heterocycles. The molecule has 2 unspecified atom stereocenters. The summed E-state index contributed by atoms with van der Waals surface area (Å²) in [6, 6.07) is 8.36. The van der Waals surface area contributed by atoms with Crippen molar-refractivity contribution in [3.63, 3.8) is 0 Å². The zero-order valence-corrected chi connectivity index (χ0v) is 20.7. The lowest BCUT2D eigenvalue weighted by Gasteiger charge is -2.60. The highest BCUT2D eigenvalue weighted by Gasteiger charge is 2.56. The van der Waals surface area contributed by atoms with Crippen LogP contribution in [0.2, 0.25) is 0 Å². The fourth-order valence-electron chi connectivity index (χ4n) is 5.55. The first-order valence-corrected chi connectivity index (χ1v) is 13.4. The largest absolute Gasteiger partial charge is 0.394 e. The summed E-state index contributed by atoms with van der Waals surface area (Å²) in [6.45, 7) is 0.696. The summed E-state index contributed by atoms with van der Waals surface area (Å²) in [4.78, 5) is 41.2. The fraction of sp³-hybridized carbons (Fsp3) is 0.417. The molecular weight excluding hydrogens is 500 g/mol. The number of fused-ring (bicyclic) bond motifs is 3. The van der Waals surface area contributed by atoms with Crippen LogP contribution < -0.4 is 16.5 Å². The van der Waals surface area contributed by atoms with Gasteiger partial charge in [-0.05, 0) is 35.7 Å². The average molecular weight is 529 g/mol. The van der Waals surface area contributed by atoms with E-state index in [9.17, 15) is 27.9 Å². The molecule has 3 aliphatic heterocycles. The van der Waals surface area contributed by atoms with Crippen LogP contribution >= 0.6 is 0 Å². The third kappa shape index (κ3) is 4.12. The van der Waals surface area contributed by atoms with Crippen molar-refractivity contribution in [1.82, 2.24) is 19.8 Å². The summed E-state index contributed by atoms with van der Waals surface area (Å²) in [5, 5.41) is 19.9. The number of aliphatic hydroxyl groups is 1. The maximum atomic E-state index is 13.7. The highest BCUT2D eigenvalue weighted by Crippen LogP contribution is 2.41. The predicted molar refractivity (Wildman–Crippen MR) is 133 cm³/mol. The molecule has 13 heteroatoms. The Hall–Kier alpha value is -3.55. The first-order chi connectivity index (χ1) is 17.7. The summed E-state index contributed by atoms with van der Waals surface area (Å²) < 4.78 is 27.9. The number of nitrogens with two attached hydrogens (primary N) is 1. The number of sulfonamides is 1. The molecule has 5 atom stereocenters. The van der Waals surface area contributed by atoms with E-state index >= 15 is 0 Å². The van der Waals surface area contributed by atoms with Crippen molar-refractivity contribution in [3.05, 3.63) is 42.5 Å². The van der Waals surface area contributed by atoms with Gasteiger partial charge in [0, 0.05) is 19.0 Å². The van der Waals surface area contributed by atoms with Gasteiger partial charge in [-0.1, -0.05) is 30.3 Å². The lowest BCUT2D eigenvalue weighted by atomic mass is 9.74. The molecule has 12 nitrogen and oxygen atoms in total. The van der Waals surface area contributed by atoms with Gasteiger partial charge >= 0.3 is 0 Å². The molecule has 0 spiro atoms. The lowest BCUT2D eigenvalue weighted by Crippen LogP contribution is -2.78. The Balaban J connectivity index is 1.47. The number of carbonyl (C=O) groups excluding carboxylic acids is 3. The molecule has 3 amide bonds. The van der Waals surface area contributed by atoms with Crippen LogP contribution in [0.3, 0.4) is 0 Å². The number of amides is 3. The summed E-state index contributed by atoms with van der Waals surface area (Å²) in [6.07, 6.45) is 2.66. The van der Waals surface area contributed by atoms with Crippen LogP contribution in [0.4, 0.5) is 0 Å². The second kappa shape index (κ2) is 9.39. The van der Waals surface area contributed by atoms with Gasteiger partial charge in [-0.25, -0.2) is 12.7 Å². The average Bonchev–Trinajstić information content (AvgIpc) is 2.90. The summed E-state index contributed by atoms with van der Waals surface area (Å²) in [5.41, 5.74) is -0.908. The maximum absolute atomic E-state index is 13.7. The number of hydrogen-bond acceptors (Lipinski definition) is 9. The van der Waals surface area contributed by atoms with Crippen molar-refractivity contribution < 1.29 is 27.9 Å². The molecule has 3 fully saturated rings. The zero-order chi connectivity index (χ0) is 26.4. The number of hydrazone groups is 1. The third-order valence-electron chi connectivity index (χ3n) is 7.43. The summed E-state index contributed by atoms with van der Waals surface area (Å²) >= 11 is 0. The van der Waals surface area contributed by atoms with E-state index in [0.717, 1.165) is 31.3 Å². The molecule has 0 aromatic heterocycles. The van der Waals surface area contributed by atoms with Gasteiger partial charge in [-0.15, -0.1) is 0 Å². The van der Waals surface area contributed by atoms with E-state index in [4.69, 9.17) is 5.84 Å². The molecular formula is C24H28N6O6S. The van der Waals surface area contributed by atoms with E-state index in [1.54, 1.807) is 18.2 Å². The van der Waals surface area contributed by atoms with Crippen LogP contribution in [0.1, 0.15) is 19.3 Å². The van der Waals surface area contributed by atoms with Crippen LogP contribution in [0.5, 0.6) is 0 Å². The standard InChI is InChI=1S/C24H28N6O6S/c25-26-14-24(17-6-3-9-29(24)12-17)28-21(32)11-20-22(33)27-19(13-31)23(34)30(20)37(35,36)18-8-7-15-4-1-2-5-16(15)10-18/h1-2,4-5,7-8,10,14,17,19-20,31H,3,6,9,11-13,25H2,(H,27,33)(H,28,32)/t17?,19-,20-,24?/m0/s1. The number of benzene rings is 2. The van der Waals surface area contributed by atoms with E-state index in [1.807, 2.05) is 17.0 Å². The Kier molecular flexibility index (Phi) is 6.38. The first kappa shape index (κ1) is 25.1. The molecule has 5 N–H and O–H groups in total. The van der Waals surface area contributed by atoms with E-state index < -0.39 is 58.5 Å². The first-order valence-electron chi connectivity index (χ1n) is 12.0. The lowest BCUT2D eigenvalue weighted by molar-refractivity contribution is -0.148. The van der Waals surface area contributed by atoms with Gasteiger partial charge in [0.05, 0.1) is 24.1 Å². The molecule has 0 radical (unpaired) electrons. The van der Waals surface area contributed by atoms with Crippen LogP contribution in [0, 0.1) is 5.92 Å². The summed E-state index contributed by atoms with van der Waals surface area (Å²) in [7, 11) is -4.56. The number of aliphatic hydroxyl groups excluding tert-OH is 1. The highest BCUT2D eigenvalue weighted by molar-refractivity contribution is 7.89. The van der Waals surface area contributed by atoms with E-state index in [2.05, 4.69) is 15.7 Å².